The maximum atomic E-state index is 11.7. The van der Waals surface area contributed by atoms with Crippen LogP contribution in [-0.2, 0) is 18.8 Å². The van der Waals surface area contributed by atoms with Gasteiger partial charge in [0.25, 0.3) is 0 Å². The van der Waals surface area contributed by atoms with Gasteiger partial charge in [-0.15, -0.1) is 0 Å². The van der Waals surface area contributed by atoms with Crippen molar-refractivity contribution >= 4 is 41.7 Å². The molecule has 1 aromatic rings. The highest BCUT2D eigenvalue weighted by Gasteiger charge is 2.52. The van der Waals surface area contributed by atoms with Crippen LogP contribution in [0, 0.1) is 0 Å². The maximum Gasteiger partial charge on any atom is 0.491 e. The van der Waals surface area contributed by atoms with Crippen LogP contribution in [0.3, 0.4) is 0 Å². The van der Waals surface area contributed by atoms with E-state index in [1.807, 2.05) is 33.8 Å². The average molecular weight is 391 g/mol. The number of nitrogens with two attached hydrogens (primary N) is 1. The van der Waals surface area contributed by atoms with Crippen molar-refractivity contribution in [2.45, 2.75) is 45.8 Å². The molecule has 0 aromatic heterocycles. The van der Waals surface area contributed by atoms with Gasteiger partial charge in [-0.25, -0.2) is 4.79 Å². The van der Waals surface area contributed by atoms with E-state index in [9.17, 15) is 9.59 Å². The molecule has 0 bridgehead atoms. The Labute approximate surface area is 164 Å². The third-order valence-corrected chi connectivity index (χ3v) is 5.72. The molecule has 1 heterocycles. The summed E-state index contributed by atoms with van der Waals surface area (Å²) in [5, 5.41) is 0.0120. The maximum absolute atomic E-state index is 11.7. The first kappa shape index (κ1) is 21.5. The van der Waals surface area contributed by atoms with Gasteiger partial charge in [0.1, 0.15) is 0 Å². The largest absolute Gasteiger partial charge is 0.491 e. The first-order valence-electron chi connectivity index (χ1n) is 8.64. The SMILES string of the molecule is COC(=O)c1ccc(C=C(CSC(C)=O)B2OC(C)(C)C(C)(C)O2)cc1N. The van der Waals surface area contributed by atoms with Gasteiger partial charge in [0.15, 0.2) is 5.12 Å². The molecule has 0 radical (unpaired) electrons. The monoisotopic (exact) mass is 391 g/mol. The summed E-state index contributed by atoms with van der Waals surface area (Å²) in [4.78, 5) is 23.2. The number of benzene rings is 1. The molecular formula is C19H26BNO5S. The molecule has 146 valence electrons. The smallest absolute Gasteiger partial charge is 0.465 e. The molecule has 1 saturated heterocycles. The minimum absolute atomic E-state index is 0.0120. The van der Waals surface area contributed by atoms with Crippen LogP contribution in [0.4, 0.5) is 5.69 Å². The Morgan fingerprint density at radius 3 is 2.30 bits per heavy atom. The van der Waals surface area contributed by atoms with Gasteiger partial charge in [0.2, 0.25) is 0 Å². The Balaban J connectivity index is 2.35. The number of hydrogen-bond acceptors (Lipinski definition) is 7. The summed E-state index contributed by atoms with van der Waals surface area (Å²) >= 11 is 1.19. The van der Waals surface area contributed by atoms with Gasteiger partial charge in [-0.3, -0.25) is 4.79 Å². The fourth-order valence-corrected chi connectivity index (χ4v) is 3.13. The van der Waals surface area contributed by atoms with E-state index in [1.54, 1.807) is 18.2 Å². The highest BCUT2D eigenvalue weighted by atomic mass is 32.2. The van der Waals surface area contributed by atoms with E-state index in [-0.39, 0.29) is 5.12 Å². The van der Waals surface area contributed by atoms with Crippen molar-refractivity contribution in [3.8, 4) is 0 Å². The van der Waals surface area contributed by atoms with Crippen LogP contribution in [0.15, 0.2) is 23.7 Å². The Morgan fingerprint density at radius 2 is 1.81 bits per heavy atom. The molecule has 27 heavy (non-hydrogen) atoms. The van der Waals surface area contributed by atoms with Crippen molar-refractivity contribution < 1.29 is 23.6 Å². The van der Waals surface area contributed by atoms with Crippen LogP contribution < -0.4 is 5.73 Å². The van der Waals surface area contributed by atoms with E-state index in [0.717, 1.165) is 11.0 Å². The van der Waals surface area contributed by atoms with Crippen molar-refractivity contribution in [1.82, 2.24) is 0 Å². The lowest BCUT2D eigenvalue weighted by Crippen LogP contribution is -2.41. The summed E-state index contributed by atoms with van der Waals surface area (Å²) < 4.78 is 17.0. The third kappa shape index (κ3) is 4.94. The summed E-state index contributed by atoms with van der Waals surface area (Å²) in [5.41, 5.74) is 7.26. The van der Waals surface area contributed by atoms with E-state index >= 15 is 0 Å². The first-order chi connectivity index (χ1) is 12.5. The molecule has 1 fully saturated rings. The summed E-state index contributed by atoms with van der Waals surface area (Å²) in [6.07, 6.45) is 1.88. The number of rotatable bonds is 5. The number of methoxy groups -OCH3 is 1. The van der Waals surface area contributed by atoms with Gasteiger partial charge >= 0.3 is 13.1 Å². The fourth-order valence-electron chi connectivity index (χ4n) is 2.54. The summed E-state index contributed by atoms with van der Waals surface area (Å²) in [5.74, 6) is -0.0495. The lowest BCUT2D eigenvalue weighted by atomic mass is 9.78. The summed E-state index contributed by atoms with van der Waals surface area (Å²) in [6.45, 7) is 9.44. The van der Waals surface area contributed by atoms with Crippen LogP contribution >= 0.6 is 11.8 Å². The lowest BCUT2D eigenvalue weighted by molar-refractivity contribution is -0.109. The van der Waals surface area contributed by atoms with Gasteiger partial charge in [-0.05, 0) is 50.9 Å². The van der Waals surface area contributed by atoms with Crippen molar-refractivity contribution in [2.24, 2.45) is 0 Å². The molecule has 0 atom stereocenters. The third-order valence-electron chi connectivity index (χ3n) is 4.83. The number of hydrogen-bond donors (Lipinski definition) is 1. The first-order valence-corrected chi connectivity index (χ1v) is 9.62. The molecular weight excluding hydrogens is 365 g/mol. The number of carbonyl (C=O) groups excluding carboxylic acids is 2. The van der Waals surface area contributed by atoms with E-state index in [1.165, 1.54) is 25.8 Å². The molecule has 6 nitrogen and oxygen atoms in total. The van der Waals surface area contributed by atoms with Gasteiger partial charge in [0.05, 0.1) is 23.9 Å². The number of ether oxygens (including phenoxy) is 1. The van der Waals surface area contributed by atoms with Crippen LogP contribution in [0.1, 0.15) is 50.5 Å². The molecule has 1 aromatic carbocycles. The minimum atomic E-state index is -0.566. The van der Waals surface area contributed by atoms with E-state index in [2.05, 4.69) is 0 Å². The van der Waals surface area contributed by atoms with Crippen molar-refractivity contribution in [2.75, 3.05) is 18.6 Å². The van der Waals surface area contributed by atoms with Gasteiger partial charge in [-0.2, -0.15) is 0 Å². The van der Waals surface area contributed by atoms with E-state index in [0.29, 0.717) is 17.0 Å². The molecule has 0 aliphatic carbocycles. The quantitative estimate of drug-likeness (QED) is 0.468. The minimum Gasteiger partial charge on any atom is -0.465 e. The van der Waals surface area contributed by atoms with Crippen LogP contribution in [-0.4, -0.2) is 42.3 Å². The highest BCUT2D eigenvalue weighted by Crippen LogP contribution is 2.39. The summed E-state index contributed by atoms with van der Waals surface area (Å²) in [6, 6.07) is 5.08. The fraction of sp³-hybridized carbons (Fsp3) is 0.474. The zero-order valence-electron chi connectivity index (χ0n) is 16.6. The zero-order chi connectivity index (χ0) is 20.4. The van der Waals surface area contributed by atoms with Crippen LogP contribution in [0.2, 0.25) is 0 Å². The van der Waals surface area contributed by atoms with Gasteiger partial charge in [-0.1, -0.05) is 23.9 Å². The number of thioether (sulfide) groups is 1. The van der Waals surface area contributed by atoms with Crippen molar-refractivity contribution in [3.63, 3.8) is 0 Å². The molecule has 0 amide bonds. The average Bonchev–Trinajstić information content (AvgIpc) is 2.78. The predicted octanol–water partition coefficient (Wildman–Crippen LogP) is 3.35. The van der Waals surface area contributed by atoms with Gasteiger partial charge < -0.3 is 19.8 Å². The molecule has 2 N–H and O–H groups in total. The Bertz CT molecular complexity index is 759. The second-order valence-electron chi connectivity index (χ2n) is 7.43. The van der Waals surface area contributed by atoms with Gasteiger partial charge in [0, 0.05) is 18.4 Å². The molecule has 0 unspecified atom stereocenters. The highest BCUT2D eigenvalue weighted by molar-refractivity contribution is 8.13. The second kappa shape index (κ2) is 8.08. The van der Waals surface area contributed by atoms with Crippen molar-refractivity contribution in [1.29, 1.82) is 0 Å². The Morgan fingerprint density at radius 1 is 1.22 bits per heavy atom. The number of nitrogen functional groups attached to an aromatic ring is 1. The Kier molecular flexibility index (Phi) is 6.45. The standard InChI is InChI=1S/C19H26BNO5S/c1-12(22)27-11-14(20-25-18(2,3)19(4,5)26-20)9-13-7-8-15(16(21)10-13)17(23)24-6/h7-10H,11,21H2,1-6H3. The van der Waals surface area contributed by atoms with E-state index in [4.69, 9.17) is 19.8 Å². The lowest BCUT2D eigenvalue weighted by Gasteiger charge is -2.32. The van der Waals surface area contributed by atoms with Crippen molar-refractivity contribution in [3.05, 3.63) is 34.8 Å². The number of anilines is 1. The molecule has 0 saturated carbocycles. The zero-order valence-corrected chi connectivity index (χ0v) is 17.4. The molecule has 2 rings (SSSR count). The molecule has 1 aliphatic heterocycles. The number of carbonyl (C=O) groups is 2. The second-order valence-corrected chi connectivity index (χ2v) is 8.58. The van der Waals surface area contributed by atoms with Crippen LogP contribution in [0.5, 0.6) is 0 Å². The predicted molar refractivity (Wildman–Crippen MR) is 109 cm³/mol. The van der Waals surface area contributed by atoms with Crippen LogP contribution in [0.25, 0.3) is 6.08 Å². The number of esters is 1. The normalized spacial score (nSPS) is 18.4. The molecule has 1 aliphatic rings. The topological polar surface area (TPSA) is 87.9 Å². The summed E-state index contributed by atoms with van der Waals surface area (Å²) in [7, 11) is 0.744. The van der Waals surface area contributed by atoms with E-state index < -0.39 is 24.3 Å². The Hall–Kier alpha value is -1.77. The molecule has 8 heteroatoms. The molecule has 0 spiro atoms.